The number of carbonyl (C=O) groups excluding carboxylic acids is 2. The molecule has 3 heterocycles. The lowest BCUT2D eigenvalue weighted by Crippen LogP contribution is -2.36. The Labute approximate surface area is 229 Å². The zero-order valence-electron chi connectivity index (χ0n) is 22.8. The van der Waals surface area contributed by atoms with Crippen molar-refractivity contribution in [3.05, 3.63) is 54.2 Å². The lowest BCUT2D eigenvalue weighted by molar-refractivity contribution is -0.114. The molecule has 1 saturated carbocycles. The Hall–Kier alpha value is -3.98. The summed E-state index contributed by atoms with van der Waals surface area (Å²) in [5.41, 5.74) is 5.83. The third kappa shape index (κ3) is 6.92. The Morgan fingerprint density at radius 3 is 2.56 bits per heavy atom. The first-order valence-corrected chi connectivity index (χ1v) is 13.5. The van der Waals surface area contributed by atoms with E-state index in [9.17, 15) is 9.59 Å². The van der Waals surface area contributed by atoms with E-state index in [1.165, 1.54) is 19.8 Å². The summed E-state index contributed by atoms with van der Waals surface area (Å²) in [6, 6.07) is 13.6. The Morgan fingerprint density at radius 2 is 1.82 bits per heavy atom. The van der Waals surface area contributed by atoms with Crippen molar-refractivity contribution in [1.82, 2.24) is 15.3 Å². The molecule has 2 aliphatic rings. The molecule has 0 spiro atoms. The van der Waals surface area contributed by atoms with E-state index < -0.39 is 0 Å². The molecule has 0 bridgehead atoms. The lowest BCUT2D eigenvalue weighted by atomic mass is 9.98. The number of pyridine rings is 2. The van der Waals surface area contributed by atoms with E-state index in [4.69, 9.17) is 9.72 Å². The second-order valence-corrected chi connectivity index (χ2v) is 10.8. The highest BCUT2D eigenvalue weighted by Gasteiger charge is 2.36. The first-order chi connectivity index (χ1) is 18.8. The molecule has 9 nitrogen and oxygen atoms in total. The molecule has 1 aliphatic carbocycles. The predicted octanol–water partition coefficient (Wildman–Crippen LogP) is 5.23. The summed E-state index contributed by atoms with van der Waals surface area (Å²) < 4.78 is 5.56. The van der Waals surface area contributed by atoms with Crippen molar-refractivity contribution in [3.63, 3.8) is 0 Å². The van der Waals surface area contributed by atoms with Crippen LogP contribution < -0.4 is 20.9 Å². The van der Waals surface area contributed by atoms with E-state index in [-0.39, 0.29) is 11.9 Å². The molecule has 3 amide bonds. The number of ether oxygens (including phenoxy) is 1. The second-order valence-electron chi connectivity index (χ2n) is 10.8. The maximum atomic E-state index is 12.6. The van der Waals surface area contributed by atoms with Crippen molar-refractivity contribution < 1.29 is 14.3 Å². The highest BCUT2D eigenvalue weighted by atomic mass is 16.5. The van der Waals surface area contributed by atoms with Crippen molar-refractivity contribution >= 4 is 29.3 Å². The van der Waals surface area contributed by atoms with Crippen molar-refractivity contribution in [1.29, 1.82) is 0 Å². The third-order valence-corrected chi connectivity index (χ3v) is 7.43. The lowest BCUT2D eigenvalue weighted by Gasteiger charge is -2.28. The summed E-state index contributed by atoms with van der Waals surface area (Å²) in [6.45, 7) is 9.26. The van der Waals surface area contributed by atoms with Gasteiger partial charge in [0, 0.05) is 44.0 Å². The largest absolute Gasteiger partial charge is 0.378 e. The summed E-state index contributed by atoms with van der Waals surface area (Å²) in [4.78, 5) is 35.6. The van der Waals surface area contributed by atoms with Crippen molar-refractivity contribution in [3.8, 4) is 22.4 Å². The number of hydrogen-bond acceptors (Lipinski definition) is 6. The molecular formula is C30H36N6O3. The molecule has 0 radical (unpaired) electrons. The number of nitrogens with one attached hydrogen (secondary N) is 3. The number of rotatable bonds is 8. The van der Waals surface area contributed by atoms with E-state index in [1.54, 1.807) is 6.20 Å². The quantitative estimate of drug-likeness (QED) is 0.370. The normalized spacial score (nSPS) is 15.9. The first kappa shape index (κ1) is 26.6. The minimum Gasteiger partial charge on any atom is -0.378 e. The third-order valence-electron chi connectivity index (χ3n) is 7.43. The number of aromatic nitrogens is 2. The van der Waals surface area contributed by atoms with Gasteiger partial charge in [-0.05, 0) is 84.7 Å². The molecule has 39 heavy (non-hydrogen) atoms. The number of morpholine rings is 1. The standard InChI is InChI=1S/C30H36N6O3/c1-20-4-5-24(34-29(38)32-11-9-30(3)7-8-30)19-25(20)23-16-26(22-6-10-31-27(17-22)33-21(2)37)35-28(18-23)36-12-14-39-15-13-36/h4-6,10,16-19H,7-9,11-15H2,1-3H3,(H,31,33,37)(H2,32,34,38). The maximum absolute atomic E-state index is 12.6. The van der Waals surface area contributed by atoms with E-state index >= 15 is 0 Å². The fourth-order valence-corrected chi connectivity index (χ4v) is 4.74. The molecule has 3 aromatic rings. The Morgan fingerprint density at radius 1 is 1.03 bits per heavy atom. The average Bonchev–Trinajstić information content (AvgIpc) is 3.66. The van der Waals surface area contributed by atoms with Crippen LogP contribution in [0.3, 0.4) is 0 Å². The van der Waals surface area contributed by atoms with Gasteiger partial charge in [0.05, 0.1) is 18.9 Å². The van der Waals surface area contributed by atoms with E-state index in [0.29, 0.717) is 31.0 Å². The molecule has 2 aromatic heterocycles. The fraction of sp³-hybridized carbons (Fsp3) is 0.400. The monoisotopic (exact) mass is 528 g/mol. The molecule has 0 unspecified atom stereocenters. The van der Waals surface area contributed by atoms with Crippen LogP contribution in [0, 0.1) is 12.3 Å². The Kier molecular flexibility index (Phi) is 7.79. The van der Waals surface area contributed by atoms with E-state index in [2.05, 4.69) is 45.7 Å². The number of hydrogen-bond donors (Lipinski definition) is 3. The highest BCUT2D eigenvalue weighted by Crippen LogP contribution is 2.47. The van der Waals surface area contributed by atoms with Gasteiger partial charge in [-0.15, -0.1) is 0 Å². The summed E-state index contributed by atoms with van der Waals surface area (Å²) in [7, 11) is 0. The Bertz CT molecular complexity index is 1360. The smallest absolute Gasteiger partial charge is 0.319 e. The van der Waals surface area contributed by atoms with Crippen molar-refractivity contribution in [2.75, 3.05) is 48.4 Å². The summed E-state index contributed by atoms with van der Waals surface area (Å²) in [6.07, 6.45) is 5.15. The van der Waals surface area contributed by atoms with Gasteiger partial charge in [0.2, 0.25) is 5.91 Å². The van der Waals surface area contributed by atoms with Crippen LogP contribution in [-0.4, -0.2) is 54.8 Å². The predicted molar refractivity (Wildman–Crippen MR) is 154 cm³/mol. The van der Waals surface area contributed by atoms with Crippen LogP contribution >= 0.6 is 0 Å². The maximum Gasteiger partial charge on any atom is 0.319 e. The van der Waals surface area contributed by atoms with E-state index in [0.717, 1.165) is 59.0 Å². The van der Waals surface area contributed by atoms with Crippen LogP contribution in [0.15, 0.2) is 48.7 Å². The average molecular weight is 529 g/mol. The molecule has 0 atom stereocenters. The number of nitrogens with zero attached hydrogens (tertiary/aromatic N) is 3. The van der Waals surface area contributed by atoms with Gasteiger partial charge < -0.3 is 25.6 Å². The van der Waals surface area contributed by atoms with Gasteiger partial charge in [-0.1, -0.05) is 13.0 Å². The molecule has 5 rings (SSSR count). The topological polar surface area (TPSA) is 108 Å². The van der Waals surface area contributed by atoms with Gasteiger partial charge in [-0.3, -0.25) is 4.79 Å². The number of carbonyl (C=O) groups is 2. The summed E-state index contributed by atoms with van der Waals surface area (Å²) >= 11 is 0. The summed E-state index contributed by atoms with van der Waals surface area (Å²) in [5.74, 6) is 1.15. The molecule has 1 aromatic carbocycles. The van der Waals surface area contributed by atoms with Gasteiger partial charge >= 0.3 is 6.03 Å². The molecule has 1 aliphatic heterocycles. The van der Waals surface area contributed by atoms with Crippen molar-refractivity contribution in [2.24, 2.45) is 5.41 Å². The zero-order chi connectivity index (χ0) is 27.4. The van der Waals surface area contributed by atoms with Gasteiger partial charge in [0.1, 0.15) is 11.6 Å². The molecule has 2 fully saturated rings. The number of amides is 3. The fourth-order valence-electron chi connectivity index (χ4n) is 4.74. The number of aryl methyl sites for hydroxylation is 1. The SMILES string of the molecule is CC(=O)Nc1cc(-c2cc(-c3cc(NC(=O)NCCC4(C)CC4)ccc3C)cc(N3CCOCC3)n2)ccn1. The molecule has 9 heteroatoms. The first-order valence-electron chi connectivity index (χ1n) is 13.5. The molecule has 204 valence electrons. The highest BCUT2D eigenvalue weighted by molar-refractivity contribution is 5.91. The van der Waals surface area contributed by atoms with Crippen LogP contribution in [0.1, 0.15) is 38.7 Å². The Balaban J connectivity index is 1.45. The minimum atomic E-state index is -0.194. The van der Waals surface area contributed by atoms with Gasteiger partial charge in [0.25, 0.3) is 0 Å². The van der Waals surface area contributed by atoms with Crippen LogP contribution in [-0.2, 0) is 9.53 Å². The number of urea groups is 1. The number of benzene rings is 1. The van der Waals surface area contributed by atoms with Crippen LogP contribution in [0.4, 0.5) is 22.1 Å². The second kappa shape index (κ2) is 11.4. The molecule has 3 N–H and O–H groups in total. The van der Waals surface area contributed by atoms with Gasteiger partial charge in [-0.2, -0.15) is 0 Å². The van der Waals surface area contributed by atoms with Crippen LogP contribution in [0.5, 0.6) is 0 Å². The molecule has 1 saturated heterocycles. The van der Waals surface area contributed by atoms with Gasteiger partial charge in [-0.25, -0.2) is 14.8 Å². The zero-order valence-corrected chi connectivity index (χ0v) is 22.8. The van der Waals surface area contributed by atoms with Gasteiger partial charge in [0.15, 0.2) is 0 Å². The molecular weight excluding hydrogens is 492 g/mol. The van der Waals surface area contributed by atoms with E-state index in [1.807, 2.05) is 36.4 Å². The summed E-state index contributed by atoms with van der Waals surface area (Å²) in [5, 5.41) is 8.73. The van der Waals surface area contributed by atoms with Crippen LogP contribution in [0.2, 0.25) is 0 Å². The number of anilines is 3. The van der Waals surface area contributed by atoms with Crippen LogP contribution in [0.25, 0.3) is 22.4 Å². The van der Waals surface area contributed by atoms with Crippen molar-refractivity contribution in [2.45, 2.75) is 40.0 Å². The minimum absolute atomic E-state index is 0.180.